The van der Waals surface area contributed by atoms with E-state index in [1.54, 1.807) is 0 Å². The van der Waals surface area contributed by atoms with Crippen LogP contribution < -0.4 is 5.73 Å². The smallest absolute Gasteiger partial charge is 0.334 e. The van der Waals surface area contributed by atoms with E-state index in [-0.39, 0.29) is 11.9 Å². The van der Waals surface area contributed by atoms with Gasteiger partial charge in [-0.05, 0) is 25.2 Å². The summed E-state index contributed by atoms with van der Waals surface area (Å²) in [6, 6.07) is 0. The fourth-order valence-electron chi connectivity index (χ4n) is 2.19. The molecular weight excluding hydrogens is 218 g/mol. The second kappa shape index (κ2) is 7.09. The molecule has 0 aromatic carbocycles. The van der Waals surface area contributed by atoms with Gasteiger partial charge in [0, 0.05) is 11.6 Å². The largest absolute Gasteiger partial charge is 0.462 e. The Balaban J connectivity index is 2.72. The molecule has 1 saturated carbocycles. The van der Waals surface area contributed by atoms with E-state index in [1.807, 2.05) is 6.92 Å². The highest BCUT2D eigenvalue weighted by atomic mass is 16.5. The van der Waals surface area contributed by atoms with Crippen molar-refractivity contribution in [3.8, 4) is 0 Å². The minimum atomic E-state index is -0.570. The van der Waals surface area contributed by atoms with Crippen LogP contribution in [0.1, 0.15) is 45.4 Å². The lowest BCUT2D eigenvalue weighted by Crippen LogP contribution is -2.21. The lowest BCUT2D eigenvalue weighted by atomic mass is 9.83. The number of amides is 1. The van der Waals surface area contributed by atoms with Gasteiger partial charge in [0.1, 0.15) is 0 Å². The predicted octanol–water partition coefficient (Wildman–Crippen LogP) is 1.93. The maximum atomic E-state index is 11.8. The average molecular weight is 239 g/mol. The van der Waals surface area contributed by atoms with Crippen molar-refractivity contribution < 1.29 is 14.3 Å². The van der Waals surface area contributed by atoms with E-state index >= 15 is 0 Å². The molecule has 0 unspecified atom stereocenters. The number of carbonyl (C=O) groups is 2. The molecule has 4 nitrogen and oxygen atoms in total. The summed E-state index contributed by atoms with van der Waals surface area (Å²) in [5.41, 5.74) is 5.61. The first-order valence-corrected chi connectivity index (χ1v) is 6.33. The number of rotatable bonds is 5. The van der Waals surface area contributed by atoms with Gasteiger partial charge in [-0.25, -0.2) is 4.79 Å². The van der Waals surface area contributed by atoms with Crippen molar-refractivity contribution in [3.05, 3.63) is 11.6 Å². The van der Waals surface area contributed by atoms with Crippen LogP contribution in [0.15, 0.2) is 11.6 Å². The molecular formula is C13H21NO3. The van der Waals surface area contributed by atoms with Crippen molar-refractivity contribution in [2.75, 3.05) is 6.61 Å². The van der Waals surface area contributed by atoms with E-state index in [1.165, 1.54) is 12.5 Å². The lowest BCUT2D eigenvalue weighted by Gasteiger charge is -2.23. The first-order valence-electron chi connectivity index (χ1n) is 6.33. The van der Waals surface area contributed by atoms with Gasteiger partial charge in [0.15, 0.2) is 0 Å². The maximum Gasteiger partial charge on any atom is 0.334 e. The Labute approximate surface area is 102 Å². The molecule has 1 aliphatic carbocycles. The number of carbonyl (C=O) groups excluding carboxylic acids is 2. The van der Waals surface area contributed by atoms with Crippen molar-refractivity contribution in [1.29, 1.82) is 0 Å². The van der Waals surface area contributed by atoms with Crippen LogP contribution in [0.4, 0.5) is 0 Å². The van der Waals surface area contributed by atoms with E-state index in [9.17, 15) is 9.59 Å². The van der Waals surface area contributed by atoms with Gasteiger partial charge in [0.2, 0.25) is 5.91 Å². The minimum Gasteiger partial charge on any atom is -0.462 e. The van der Waals surface area contributed by atoms with Crippen molar-refractivity contribution in [3.63, 3.8) is 0 Å². The monoisotopic (exact) mass is 239 g/mol. The normalized spacial score (nSPS) is 17.8. The Kier molecular flexibility index (Phi) is 5.73. The van der Waals surface area contributed by atoms with Crippen LogP contribution in [-0.2, 0) is 14.3 Å². The number of esters is 1. The Bertz CT molecular complexity index is 304. The summed E-state index contributed by atoms with van der Waals surface area (Å²) in [6.07, 6.45) is 7.31. The van der Waals surface area contributed by atoms with Crippen molar-refractivity contribution in [2.45, 2.75) is 45.4 Å². The number of nitrogens with two attached hydrogens (primary N) is 1. The lowest BCUT2D eigenvalue weighted by molar-refractivity contribution is -0.140. The van der Waals surface area contributed by atoms with Crippen molar-refractivity contribution in [2.24, 2.45) is 11.7 Å². The van der Waals surface area contributed by atoms with Gasteiger partial charge in [-0.1, -0.05) is 26.2 Å². The molecule has 0 bridgehead atoms. The quantitative estimate of drug-likeness (QED) is 0.588. The van der Waals surface area contributed by atoms with Gasteiger partial charge in [-0.3, -0.25) is 4.79 Å². The molecule has 0 radical (unpaired) electrons. The zero-order valence-corrected chi connectivity index (χ0v) is 10.4. The molecule has 2 N–H and O–H groups in total. The average Bonchev–Trinajstić information content (AvgIpc) is 2.34. The molecule has 1 rings (SSSR count). The van der Waals surface area contributed by atoms with Gasteiger partial charge >= 0.3 is 5.97 Å². The van der Waals surface area contributed by atoms with E-state index in [0.717, 1.165) is 32.1 Å². The zero-order valence-electron chi connectivity index (χ0n) is 10.4. The van der Waals surface area contributed by atoms with Crippen LogP contribution in [0, 0.1) is 5.92 Å². The van der Waals surface area contributed by atoms with E-state index in [2.05, 4.69) is 0 Å². The maximum absolute atomic E-state index is 11.8. The Hall–Kier alpha value is -1.32. The molecule has 17 heavy (non-hydrogen) atoms. The van der Waals surface area contributed by atoms with E-state index in [0.29, 0.717) is 12.2 Å². The molecule has 4 heteroatoms. The zero-order chi connectivity index (χ0) is 12.7. The first kappa shape index (κ1) is 13.7. The van der Waals surface area contributed by atoms with Gasteiger partial charge in [-0.15, -0.1) is 0 Å². The molecule has 0 saturated heterocycles. The van der Waals surface area contributed by atoms with Gasteiger partial charge in [0.25, 0.3) is 0 Å². The Morgan fingerprint density at radius 1 is 1.29 bits per heavy atom. The predicted molar refractivity (Wildman–Crippen MR) is 65.1 cm³/mol. The fraction of sp³-hybridized carbons (Fsp3) is 0.692. The highest BCUT2D eigenvalue weighted by Crippen LogP contribution is 2.30. The summed E-state index contributed by atoms with van der Waals surface area (Å²) in [5, 5.41) is 0. The molecule has 96 valence electrons. The third kappa shape index (κ3) is 4.59. The van der Waals surface area contributed by atoms with Gasteiger partial charge in [0.05, 0.1) is 6.61 Å². The molecule has 1 amide bonds. The van der Waals surface area contributed by atoms with E-state index in [4.69, 9.17) is 10.5 Å². The summed E-state index contributed by atoms with van der Waals surface area (Å²) >= 11 is 0. The van der Waals surface area contributed by atoms with Crippen LogP contribution in [0.2, 0.25) is 0 Å². The second-order valence-corrected chi connectivity index (χ2v) is 4.47. The summed E-state index contributed by atoms with van der Waals surface area (Å²) < 4.78 is 5.09. The molecule has 0 aliphatic heterocycles. The highest BCUT2D eigenvalue weighted by molar-refractivity contribution is 5.98. The molecule has 1 fully saturated rings. The SMILES string of the molecule is CCCOC(=O)C(=CC(N)=O)C1CCCCC1. The topological polar surface area (TPSA) is 69.4 Å². The van der Waals surface area contributed by atoms with Gasteiger partial charge in [-0.2, -0.15) is 0 Å². The first-order chi connectivity index (χ1) is 8.15. The molecule has 1 aliphatic rings. The second-order valence-electron chi connectivity index (χ2n) is 4.47. The Morgan fingerprint density at radius 2 is 1.94 bits per heavy atom. The third-order valence-electron chi connectivity index (χ3n) is 3.02. The number of primary amides is 1. The van der Waals surface area contributed by atoms with E-state index < -0.39 is 5.91 Å². The molecule has 0 atom stereocenters. The molecule has 0 heterocycles. The molecule has 0 aromatic rings. The summed E-state index contributed by atoms with van der Waals surface area (Å²) in [4.78, 5) is 22.8. The summed E-state index contributed by atoms with van der Waals surface area (Å²) in [7, 11) is 0. The van der Waals surface area contributed by atoms with Crippen LogP contribution >= 0.6 is 0 Å². The number of ether oxygens (including phenoxy) is 1. The van der Waals surface area contributed by atoms with Crippen molar-refractivity contribution in [1.82, 2.24) is 0 Å². The Morgan fingerprint density at radius 3 is 2.47 bits per heavy atom. The minimum absolute atomic E-state index is 0.139. The molecule has 0 aromatic heterocycles. The fourth-order valence-corrected chi connectivity index (χ4v) is 2.19. The van der Waals surface area contributed by atoms with Crippen molar-refractivity contribution >= 4 is 11.9 Å². The summed E-state index contributed by atoms with van der Waals surface area (Å²) in [6.45, 7) is 2.33. The van der Waals surface area contributed by atoms with Crippen LogP contribution in [0.5, 0.6) is 0 Å². The summed E-state index contributed by atoms with van der Waals surface area (Å²) in [5.74, 6) is -0.808. The van der Waals surface area contributed by atoms with Gasteiger partial charge < -0.3 is 10.5 Å². The number of hydrogen-bond acceptors (Lipinski definition) is 3. The highest BCUT2D eigenvalue weighted by Gasteiger charge is 2.24. The molecule has 0 spiro atoms. The van der Waals surface area contributed by atoms with Crippen LogP contribution in [0.25, 0.3) is 0 Å². The standard InChI is InChI=1S/C13H21NO3/c1-2-8-17-13(16)11(9-12(14)15)10-6-4-3-5-7-10/h9-10H,2-8H2,1H3,(H2,14,15). The van der Waals surface area contributed by atoms with Crippen LogP contribution in [-0.4, -0.2) is 18.5 Å². The third-order valence-corrected chi connectivity index (χ3v) is 3.02. The van der Waals surface area contributed by atoms with Crippen LogP contribution in [0.3, 0.4) is 0 Å². The number of hydrogen-bond donors (Lipinski definition) is 1.